The minimum atomic E-state index is 0.196. The lowest BCUT2D eigenvalue weighted by molar-refractivity contribution is 0.351. The summed E-state index contributed by atoms with van der Waals surface area (Å²) in [6, 6.07) is 2.46. The number of aryl methyl sites for hydroxylation is 1. The summed E-state index contributed by atoms with van der Waals surface area (Å²) in [4.78, 5) is 7.22. The molecule has 118 valence electrons. The van der Waals surface area contributed by atoms with Crippen molar-refractivity contribution in [3.05, 3.63) is 23.4 Å². The second-order valence-corrected chi connectivity index (χ2v) is 7.09. The lowest BCUT2D eigenvalue weighted by Gasteiger charge is -2.24. The van der Waals surface area contributed by atoms with Crippen LogP contribution in [0, 0.1) is 18.8 Å². The molecule has 2 heterocycles. The van der Waals surface area contributed by atoms with Crippen molar-refractivity contribution in [1.82, 2.24) is 4.98 Å². The molecule has 1 fully saturated rings. The van der Waals surface area contributed by atoms with Crippen molar-refractivity contribution in [2.24, 2.45) is 17.6 Å². The van der Waals surface area contributed by atoms with Crippen LogP contribution >= 0.6 is 0 Å². The summed E-state index contributed by atoms with van der Waals surface area (Å²) < 4.78 is 0. The number of pyridine rings is 1. The van der Waals surface area contributed by atoms with Gasteiger partial charge in [-0.05, 0) is 62.5 Å². The molecule has 1 aliphatic rings. The smallest absolute Gasteiger partial charge is 0.131 e. The topological polar surface area (TPSA) is 42.1 Å². The van der Waals surface area contributed by atoms with Crippen LogP contribution < -0.4 is 10.6 Å². The first-order valence-electron chi connectivity index (χ1n) is 8.43. The van der Waals surface area contributed by atoms with Crippen LogP contribution in [0.5, 0.6) is 0 Å². The van der Waals surface area contributed by atoms with Gasteiger partial charge in [-0.15, -0.1) is 0 Å². The highest BCUT2D eigenvalue weighted by Gasteiger charge is 2.21. The highest BCUT2D eigenvalue weighted by Crippen LogP contribution is 2.28. The van der Waals surface area contributed by atoms with E-state index in [0.717, 1.165) is 31.3 Å². The van der Waals surface area contributed by atoms with Crippen LogP contribution in [0.4, 0.5) is 5.82 Å². The highest BCUT2D eigenvalue weighted by atomic mass is 15.2. The molecule has 2 unspecified atom stereocenters. The molecule has 1 aromatic heterocycles. The molecular weight excluding hydrogens is 258 g/mol. The van der Waals surface area contributed by atoms with Crippen molar-refractivity contribution in [3.63, 3.8) is 0 Å². The van der Waals surface area contributed by atoms with E-state index >= 15 is 0 Å². The van der Waals surface area contributed by atoms with Gasteiger partial charge in [0.1, 0.15) is 5.82 Å². The van der Waals surface area contributed by atoms with E-state index in [1.807, 2.05) is 13.1 Å². The monoisotopic (exact) mass is 289 g/mol. The maximum Gasteiger partial charge on any atom is 0.131 e. The molecule has 0 spiro atoms. The summed E-state index contributed by atoms with van der Waals surface area (Å²) >= 11 is 0. The van der Waals surface area contributed by atoms with E-state index in [9.17, 15) is 0 Å². The molecule has 1 aromatic rings. The minimum absolute atomic E-state index is 0.196. The molecule has 0 bridgehead atoms. The van der Waals surface area contributed by atoms with E-state index < -0.39 is 0 Å². The number of nitrogens with two attached hydrogens (primary N) is 1. The molecule has 0 saturated carbocycles. The van der Waals surface area contributed by atoms with Gasteiger partial charge in [0.15, 0.2) is 0 Å². The zero-order chi connectivity index (χ0) is 15.4. The Morgan fingerprint density at radius 2 is 2.05 bits per heavy atom. The molecule has 1 saturated heterocycles. The van der Waals surface area contributed by atoms with Crippen LogP contribution in [0.15, 0.2) is 12.3 Å². The summed E-state index contributed by atoms with van der Waals surface area (Å²) in [5.41, 5.74) is 8.42. The van der Waals surface area contributed by atoms with E-state index in [-0.39, 0.29) is 6.04 Å². The zero-order valence-electron chi connectivity index (χ0n) is 14.1. The molecule has 0 aromatic carbocycles. The summed E-state index contributed by atoms with van der Waals surface area (Å²) in [5, 5.41) is 0. The molecule has 21 heavy (non-hydrogen) atoms. The summed E-state index contributed by atoms with van der Waals surface area (Å²) in [5.74, 6) is 2.84. The Morgan fingerprint density at radius 1 is 1.29 bits per heavy atom. The second kappa shape index (κ2) is 7.26. The fourth-order valence-electron chi connectivity index (χ4n) is 3.44. The van der Waals surface area contributed by atoms with Crippen molar-refractivity contribution in [2.75, 3.05) is 18.0 Å². The van der Waals surface area contributed by atoms with Crippen LogP contribution in [0.25, 0.3) is 0 Å². The van der Waals surface area contributed by atoms with Crippen molar-refractivity contribution >= 4 is 5.82 Å². The van der Waals surface area contributed by atoms with Crippen molar-refractivity contribution in [3.8, 4) is 0 Å². The van der Waals surface area contributed by atoms with Gasteiger partial charge >= 0.3 is 0 Å². The largest absolute Gasteiger partial charge is 0.356 e. The van der Waals surface area contributed by atoms with Crippen molar-refractivity contribution < 1.29 is 0 Å². The number of nitrogens with zero attached hydrogens (tertiary/aromatic N) is 2. The number of aromatic nitrogens is 1. The average Bonchev–Trinajstić information content (AvgIpc) is 2.64. The Bertz CT molecular complexity index is 454. The van der Waals surface area contributed by atoms with Crippen LogP contribution in [0.3, 0.4) is 0 Å². The van der Waals surface area contributed by atoms with Gasteiger partial charge in [0.2, 0.25) is 0 Å². The fourth-order valence-corrected chi connectivity index (χ4v) is 3.44. The Balaban J connectivity index is 2.07. The third-order valence-corrected chi connectivity index (χ3v) is 4.68. The Morgan fingerprint density at radius 3 is 2.67 bits per heavy atom. The average molecular weight is 289 g/mol. The molecule has 3 heteroatoms. The molecule has 0 radical (unpaired) electrons. The van der Waals surface area contributed by atoms with E-state index in [0.29, 0.717) is 0 Å². The zero-order valence-corrected chi connectivity index (χ0v) is 14.1. The number of hydrogen-bond donors (Lipinski definition) is 1. The number of rotatable bonds is 4. The summed E-state index contributed by atoms with van der Waals surface area (Å²) in [6.07, 6.45) is 6.85. The van der Waals surface area contributed by atoms with Gasteiger partial charge in [0, 0.05) is 25.3 Å². The first-order valence-corrected chi connectivity index (χ1v) is 8.43. The maximum atomic E-state index is 5.88. The number of hydrogen-bond acceptors (Lipinski definition) is 3. The molecule has 2 rings (SSSR count). The Hall–Kier alpha value is -1.09. The van der Waals surface area contributed by atoms with Gasteiger partial charge in [0.25, 0.3) is 0 Å². The van der Waals surface area contributed by atoms with Crippen molar-refractivity contribution in [2.45, 2.75) is 59.4 Å². The third kappa shape index (κ3) is 4.44. The Labute approximate surface area is 129 Å². The van der Waals surface area contributed by atoms with Crippen LogP contribution in [-0.2, 0) is 6.42 Å². The standard InChI is InChI=1S/C18H31N3/c1-13(2)17-6-5-8-21(9-7-17)18-14(3)10-16(12-20-18)11-15(4)19/h10,12-13,15,17H,5-9,11,19H2,1-4H3. The molecule has 0 aliphatic carbocycles. The first kappa shape index (κ1) is 16.3. The lowest BCUT2D eigenvalue weighted by Crippen LogP contribution is -2.26. The summed E-state index contributed by atoms with van der Waals surface area (Å²) in [7, 11) is 0. The first-order chi connectivity index (χ1) is 9.97. The predicted molar refractivity (Wildman–Crippen MR) is 90.7 cm³/mol. The number of anilines is 1. The molecular formula is C18H31N3. The van der Waals surface area contributed by atoms with Crippen molar-refractivity contribution in [1.29, 1.82) is 0 Å². The normalized spacial score (nSPS) is 21.4. The highest BCUT2D eigenvalue weighted by molar-refractivity contribution is 5.47. The molecule has 2 N–H and O–H groups in total. The molecule has 1 aliphatic heterocycles. The van der Waals surface area contributed by atoms with E-state index in [1.54, 1.807) is 0 Å². The minimum Gasteiger partial charge on any atom is -0.356 e. The van der Waals surface area contributed by atoms with Gasteiger partial charge < -0.3 is 10.6 Å². The van der Waals surface area contributed by atoms with Crippen LogP contribution in [0.2, 0.25) is 0 Å². The fraction of sp³-hybridized carbons (Fsp3) is 0.722. The maximum absolute atomic E-state index is 5.88. The molecule has 3 nitrogen and oxygen atoms in total. The predicted octanol–water partition coefficient (Wildman–Crippen LogP) is 3.54. The SMILES string of the molecule is Cc1cc(CC(C)N)cnc1N1CCCC(C(C)C)CC1. The van der Waals surface area contributed by atoms with E-state index in [1.165, 1.54) is 36.2 Å². The Kier molecular flexibility index (Phi) is 5.63. The van der Waals surface area contributed by atoms with E-state index in [4.69, 9.17) is 10.7 Å². The van der Waals surface area contributed by atoms with Gasteiger partial charge in [-0.3, -0.25) is 0 Å². The van der Waals surface area contributed by atoms with Gasteiger partial charge in [-0.2, -0.15) is 0 Å². The molecule has 2 atom stereocenters. The quantitative estimate of drug-likeness (QED) is 0.922. The van der Waals surface area contributed by atoms with E-state index in [2.05, 4.69) is 31.7 Å². The van der Waals surface area contributed by atoms with Gasteiger partial charge in [-0.1, -0.05) is 19.9 Å². The van der Waals surface area contributed by atoms with Crippen LogP contribution in [0.1, 0.15) is 51.2 Å². The molecule has 0 amide bonds. The summed E-state index contributed by atoms with van der Waals surface area (Å²) in [6.45, 7) is 11.2. The second-order valence-electron chi connectivity index (χ2n) is 7.09. The van der Waals surface area contributed by atoms with Gasteiger partial charge in [0.05, 0.1) is 0 Å². The van der Waals surface area contributed by atoms with Crippen LogP contribution in [-0.4, -0.2) is 24.1 Å². The third-order valence-electron chi connectivity index (χ3n) is 4.68. The lowest BCUT2D eigenvalue weighted by atomic mass is 9.89. The van der Waals surface area contributed by atoms with Gasteiger partial charge in [-0.25, -0.2) is 4.98 Å².